The predicted molar refractivity (Wildman–Crippen MR) is 76.4 cm³/mol. The number of likely N-dealkylation sites (N-methyl/N-ethyl adjacent to an activating group) is 1. The van der Waals surface area contributed by atoms with Crippen molar-refractivity contribution in [2.45, 2.75) is 25.2 Å². The molecule has 0 amide bonds. The highest BCUT2D eigenvalue weighted by Gasteiger charge is 2.32. The lowest BCUT2D eigenvalue weighted by atomic mass is 10.1. The van der Waals surface area contributed by atoms with Crippen LogP contribution < -0.4 is 5.73 Å². The van der Waals surface area contributed by atoms with Gasteiger partial charge in [0.2, 0.25) is 0 Å². The molecule has 8 nitrogen and oxygen atoms in total. The van der Waals surface area contributed by atoms with Crippen LogP contribution in [0.4, 0.5) is 5.82 Å². The first-order chi connectivity index (χ1) is 10.1. The fourth-order valence-electron chi connectivity index (χ4n) is 2.56. The van der Waals surface area contributed by atoms with Gasteiger partial charge in [0.05, 0.1) is 12.9 Å². The van der Waals surface area contributed by atoms with Crippen LogP contribution in [0.3, 0.4) is 0 Å². The monoisotopic (exact) mass is 290 g/mol. The smallest absolute Gasteiger partial charge is 0.175 e. The summed E-state index contributed by atoms with van der Waals surface area (Å²) in [6.07, 6.45) is 3.89. The van der Waals surface area contributed by atoms with E-state index in [0.717, 1.165) is 6.42 Å². The summed E-state index contributed by atoms with van der Waals surface area (Å²) in [7, 11) is 3.74. The van der Waals surface area contributed by atoms with Crippen molar-refractivity contribution in [3.63, 3.8) is 0 Å². The average molecular weight is 290 g/mol. The molecule has 112 valence electrons. The molecule has 1 aliphatic rings. The van der Waals surface area contributed by atoms with E-state index >= 15 is 0 Å². The Morgan fingerprint density at radius 1 is 1.43 bits per heavy atom. The van der Waals surface area contributed by atoms with Gasteiger partial charge in [0.25, 0.3) is 0 Å². The first-order valence-corrected chi connectivity index (χ1v) is 6.82. The van der Waals surface area contributed by atoms with Crippen LogP contribution in [-0.4, -0.2) is 56.9 Å². The largest absolute Gasteiger partial charge is 0.382 e. The van der Waals surface area contributed by atoms with Crippen molar-refractivity contribution in [3.8, 4) is 0 Å². The number of Topliss-reactive ketones (excluding diaryl/α,β-unsaturated/α-hetero) is 1. The van der Waals surface area contributed by atoms with Crippen molar-refractivity contribution in [3.05, 3.63) is 12.7 Å². The van der Waals surface area contributed by atoms with Crippen LogP contribution in [0.25, 0.3) is 11.2 Å². The van der Waals surface area contributed by atoms with Gasteiger partial charge >= 0.3 is 0 Å². The Balaban J connectivity index is 1.79. The highest BCUT2D eigenvalue weighted by molar-refractivity contribution is 5.85. The number of hydrogen-bond donors (Lipinski definition) is 1. The minimum Gasteiger partial charge on any atom is -0.382 e. The lowest BCUT2D eigenvalue weighted by molar-refractivity contribution is -0.132. The third kappa shape index (κ3) is 2.59. The summed E-state index contributed by atoms with van der Waals surface area (Å²) in [4.78, 5) is 26.2. The summed E-state index contributed by atoms with van der Waals surface area (Å²) in [5, 5.41) is 0. The second kappa shape index (κ2) is 5.38. The van der Waals surface area contributed by atoms with Crippen molar-refractivity contribution in [1.82, 2.24) is 24.4 Å². The summed E-state index contributed by atoms with van der Waals surface area (Å²) < 4.78 is 7.68. The third-order valence-electron chi connectivity index (χ3n) is 3.53. The molecule has 2 N–H and O–H groups in total. The lowest BCUT2D eigenvalue weighted by Crippen LogP contribution is -2.31. The minimum absolute atomic E-state index is 0.0982. The number of aromatic nitrogens is 4. The fraction of sp³-hybridized carbons (Fsp3) is 0.538. The molecule has 0 bridgehead atoms. The number of ether oxygens (including phenoxy) is 1. The molecule has 3 heterocycles. The van der Waals surface area contributed by atoms with Crippen LogP contribution >= 0.6 is 0 Å². The van der Waals surface area contributed by atoms with Crippen LogP contribution in [0.2, 0.25) is 0 Å². The molecular formula is C13H18N6O2. The number of fused-ring (bicyclic) bond motifs is 1. The number of imidazole rings is 1. The molecule has 2 aromatic rings. The number of nitrogen functional groups attached to an aromatic ring is 1. The minimum atomic E-state index is -0.367. The van der Waals surface area contributed by atoms with Crippen LogP contribution in [0.1, 0.15) is 19.1 Å². The zero-order valence-corrected chi connectivity index (χ0v) is 12.1. The Kier molecular flexibility index (Phi) is 3.56. The quantitative estimate of drug-likeness (QED) is 0.859. The summed E-state index contributed by atoms with van der Waals surface area (Å²) in [5.41, 5.74) is 6.96. The fourth-order valence-corrected chi connectivity index (χ4v) is 2.56. The highest BCUT2D eigenvalue weighted by atomic mass is 16.5. The summed E-state index contributed by atoms with van der Waals surface area (Å²) >= 11 is 0. The van der Waals surface area contributed by atoms with Crippen molar-refractivity contribution in [2.24, 2.45) is 0 Å². The van der Waals surface area contributed by atoms with Crippen molar-refractivity contribution in [2.75, 3.05) is 26.4 Å². The molecule has 1 fully saturated rings. The van der Waals surface area contributed by atoms with Crippen molar-refractivity contribution >= 4 is 22.8 Å². The Bertz CT molecular complexity index is 668. The van der Waals surface area contributed by atoms with E-state index in [4.69, 9.17) is 10.5 Å². The number of nitrogens with two attached hydrogens (primary N) is 1. The molecule has 1 saturated heterocycles. The van der Waals surface area contributed by atoms with Crippen molar-refractivity contribution in [1.29, 1.82) is 0 Å². The Morgan fingerprint density at radius 3 is 3.00 bits per heavy atom. The molecule has 8 heteroatoms. The van der Waals surface area contributed by atoms with Gasteiger partial charge in [-0.25, -0.2) is 15.0 Å². The maximum Gasteiger partial charge on any atom is 0.175 e. The number of nitrogens with zero attached hydrogens (tertiary/aromatic N) is 5. The number of ketones is 1. The van der Waals surface area contributed by atoms with Crippen LogP contribution in [-0.2, 0) is 9.53 Å². The topological polar surface area (TPSA) is 99.2 Å². The summed E-state index contributed by atoms with van der Waals surface area (Å²) in [5.74, 6) is 0.443. The van der Waals surface area contributed by atoms with Gasteiger partial charge in [-0.3, -0.25) is 9.36 Å². The second-order valence-electron chi connectivity index (χ2n) is 5.44. The van der Waals surface area contributed by atoms with Crippen LogP contribution in [0.5, 0.6) is 0 Å². The Hall–Kier alpha value is -2.06. The number of rotatable bonds is 4. The van der Waals surface area contributed by atoms with E-state index in [2.05, 4.69) is 15.0 Å². The maximum atomic E-state index is 12.1. The van der Waals surface area contributed by atoms with Gasteiger partial charge < -0.3 is 15.4 Å². The first-order valence-electron chi connectivity index (χ1n) is 6.82. The lowest BCUT2D eigenvalue weighted by Gasteiger charge is -2.16. The Morgan fingerprint density at radius 2 is 2.24 bits per heavy atom. The van der Waals surface area contributed by atoms with E-state index in [-0.39, 0.29) is 18.1 Å². The molecule has 21 heavy (non-hydrogen) atoms. The summed E-state index contributed by atoms with van der Waals surface area (Å²) in [6.45, 7) is 0.386. The SMILES string of the molecule is CN(C)CC(=O)[C@@H]1CC[C@H](n2cnc3c(N)ncnc32)O1. The third-order valence-corrected chi connectivity index (χ3v) is 3.53. The zero-order chi connectivity index (χ0) is 15.0. The van der Waals surface area contributed by atoms with Crippen LogP contribution in [0.15, 0.2) is 12.7 Å². The normalized spacial score (nSPS) is 22.2. The standard InChI is InChI=1S/C13H18N6O2/c1-18(2)5-8(20)9-3-4-10(21-9)19-7-17-11-12(14)15-6-16-13(11)19/h6-7,9-10H,3-5H2,1-2H3,(H2,14,15,16)/t9-,10+/m0/s1. The van der Waals surface area contributed by atoms with Gasteiger partial charge in [0, 0.05) is 0 Å². The molecule has 0 aromatic carbocycles. The molecule has 2 aromatic heterocycles. The van der Waals surface area contributed by atoms with Gasteiger partial charge in [0.15, 0.2) is 17.2 Å². The number of carbonyl (C=O) groups is 1. The maximum absolute atomic E-state index is 12.1. The van der Waals surface area contributed by atoms with Crippen LogP contribution in [0, 0.1) is 0 Å². The van der Waals surface area contributed by atoms with E-state index in [1.807, 2.05) is 23.6 Å². The molecule has 0 radical (unpaired) electrons. The van der Waals surface area contributed by atoms with E-state index in [1.165, 1.54) is 6.33 Å². The molecule has 0 aliphatic carbocycles. The van der Waals surface area contributed by atoms with E-state index in [0.29, 0.717) is 29.9 Å². The van der Waals surface area contributed by atoms with Gasteiger partial charge in [-0.1, -0.05) is 0 Å². The molecular weight excluding hydrogens is 272 g/mol. The van der Waals surface area contributed by atoms with E-state index in [9.17, 15) is 4.79 Å². The van der Waals surface area contributed by atoms with Gasteiger partial charge in [-0.05, 0) is 26.9 Å². The van der Waals surface area contributed by atoms with Gasteiger partial charge in [-0.15, -0.1) is 0 Å². The molecule has 0 saturated carbocycles. The molecule has 3 rings (SSSR count). The average Bonchev–Trinajstić information content (AvgIpc) is 3.04. The van der Waals surface area contributed by atoms with Gasteiger partial charge in [-0.2, -0.15) is 0 Å². The number of hydrogen-bond acceptors (Lipinski definition) is 7. The molecule has 0 spiro atoms. The molecule has 0 unspecified atom stereocenters. The first kappa shape index (κ1) is 13.9. The van der Waals surface area contributed by atoms with Gasteiger partial charge in [0.1, 0.15) is 24.2 Å². The van der Waals surface area contributed by atoms with E-state index < -0.39 is 0 Å². The zero-order valence-electron chi connectivity index (χ0n) is 12.1. The van der Waals surface area contributed by atoms with Crippen molar-refractivity contribution < 1.29 is 9.53 Å². The Labute approximate surface area is 121 Å². The number of anilines is 1. The predicted octanol–water partition coefficient (Wildman–Crippen LogP) is 0.217. The summed E-state index contributed by atoms with van der Waals surface area (Å²) in [6, 6.07) is 0. The van der Waals surface area contributed by atoms with E-state index in [1.54, 1.807) is 6.33 Å². The highest BCUT2D eigenvalue weighted by Crippen LogP contribution is 2.31. The molecule has 2 atom stereocenters. The second-order valence-corrected chi connectivity index (χ2v) is 5.44. The number of carbonyl (C=O) groups excluding carboxylic acids is 1. The molecule has 1 aliphatic heterocycles.